The molecule has 2 rings (SSSR count). The molecule has 0 amide bonds. The highest BCUT2D eigenvalue weighted by molar-refractivity contribution is 6.34. The Balaban J connectivity index is 2.52. The summed E-state index contributed by atoms with van der Waals surface area (Å²) in [6.07, 6.45) is 0. The van der Waals surface area contributed by atoms with Crippen LogP contribution in [0.1, 0.15) is 13.8 Å². The minimum atomic E-state index is -0.453. The Morgan fingerprint density at radius 2 is 1.88 bits per heavy atom. The lowest BCUT2D eigenvalue weighted by molar-refractivity contribution is 0.234. The second-order valence-electron chi connectivity index (χ2n) is 4.55. The van der Waals surface area contributed by atoms with Gasteiger partial charge in [0.05, 0.1) is 12.1 Å². The fourth-order valence-corrected chi connectivity index (χ4v) is 1.73. The van der Waals surface area contributed by atoms with Gasteiger partial charge in [0.2, 0.25) is 0 Å². The van der Waals surface area contributed by atoms with Crippen molar-refractivity contribution < 1.29 is 5.11 Å². The van der Waals surface area contributed by atoms with E-state index in [1.807, 2.05) is 38.1 Å². The molecule has 0 radical (unpaired) electrons. The Labute approximate surface area is 105 Å². The third-order valence-corrected chi connectivity index (χ3v) is 2.77. The number of rotatable bonds is 3. The predicted octanol–water partition coefficient (Wildman–Crippen LogP) is 2.47. The van der Waals surface area contributed by atoms with Crippen molar-refractivity contribution >= 4 is 28.2 Å². The van der Waals surface area contributed by atoms with Gasteiger partial charge in [0.25, 0.3) is 0 Å². The van der Waals surface area contributed by atoms with Crippen LogP contribution in [-0.4, -0.2) is 27.4 Å². The summed E-state index contributed by atoms with van der Waals surface area (Å²) in [6.45, 7) is 3.78. The number of nitrogens with zero attached hydrogens (tertiary/aromatic N) is 2. The Hall–Kier alpha value is -1.39. The Morgan fingerprint density at radius 1 is 1.24 bits per heavy atom. The molecule has 0 saturated heterocycles. The second kappa shape index (κ2) is 4.47. The van der Waals surface area contributed by atoms with Crippen molar-refractivity contribution in [3.63, 3.8) is 0 Å². The van der Waals surface area contributed by atoms with Gasteiger partial charge in [0.15, 0.2) is 11.0 Å². The van der Waals surface area contributed by atoms with Crippen molar-refractivity contribution in [2.75, 3.05) is 11.9 Å². The lowest BCUT2D eigenvalue weighted by Gasteiger charge is -2.24. The molecule has 0 spiro atoms. The molecule has 4 nitrogen and oxygen atoms in total. The third kappa shape index (κ3) is 2.48. The lowest BCUT2D eigenvalue weighted by Crippen LogP contribution is -2.35. The maximum Gasteiger partial charge on any atom is 0.159 e. The summed E-state index contributed by atoms with van der Waals surface area (Å²) in [5.41, 5.74) is -0.453. The van der Waals surface area contributed by atoms with Gasteiger partial charge in [0.1, 0.15) is 0 Å². The van der Waals surface area contributed by atoms with E-state index in [-0.39, 0.29) is 6.61 Å². The third-order valence-electron chi connectivity index (χ3n) is 2.49. The SMILES string of the molecule is CC(C)(CO)Nc1nnc(Cl)c2ccccc12. The van der Waals surface area contributed by atoms with E-state index in [9.17, 15) is 5.11 Å². The maximum absolute atomic E-state index is 9.25. The van der Waals surface area contributed by atoms with Gasteiger partial charge in [0, 0.05) is 10.8 Å². The number of hydrogen-bond acceptors (Lipinski definition) is 4. The fourth-order valence-electron chi connectivity index (χ4n) is 1.52. The lowest BCUT2D eigenvalue weighted by atomic mass is 10.1. The molecule has 0 atom stereocenters. The Bertz CT molecular complexity index is 542. The van der Waals surface area contributed by atoms with Crippen molar-refractivity contribution in [2.24, 2.45) is 0 Å². The predicted molar refractivity (Wildman–Crippen MR) is 69.3 cm³/mol. The average Bonchev–Trinajstić information content (AvgIpc) is 2.33. The van der Waals surface area contributed by atoms with Crippen LogP contribution in [0, 0.1) is 0 Å². The van der Waals surface area contributed by atoms with Crippen LogP contribution in [0.4, 0.5) is 5.82 Å². The summed E-state index contributed by atoms with van der Waals surface area (Å²) in [4.78, 5) is 0. The molecule has 0 aliphatic rings. The molecule has 2 aromatic rings. The highest BCUT2D eigenvalue weighted by Crippen LogP contribution is 2.27. The molecular formula is C12H14ClN3O. The number of halogens is 1. The molecule has 2 N–H and O–H groups in total. The maximum atomic E-state index is 9.25. The first-order valence-electron chi connectivity index (χ1n) is 5.33. The standard InChI is InChI=1S/C12H14ClN3O/c1-12(2,7-17)14-11-9-6-4-3-5-8(9)10(13)15-16-11/h3-6,17H,7H2,1-2H3,(H,14,16). The van der Waals surface area contributed by atoms with E-state index in [2.05, 4.69) is 15.5 Å². The van der Waals surface area contributed by atoms with Gasteiger partial charge in [-0.05, 0) is 13.8 Å². The Morgan fingerprint density at radius 3 is 2.53 bits per heavy atom. The smallest absolute Gasteiger partial charge is 0.159 e. The van der Waals surface area contributed by atoms with E-state index >= 15 is 0 Å². The highest BCUT2D eigenvalue weighted by Gasteiger charge is 2.18. The number of benzene rings is 1. The highest BCUT2D eigenvalue weighted by atomic mass is 35.5. The molecular weight excluding hydrogens is 238 g/mol. The van der Waals surface area contributed by atoms with E-state index in [4.69, 9.17) is 11.6 Å². The summed E-state index contributed by atoms with van der Waals surface area (Å²) < 4.78 is 0. The topological polar surface area (TPSA) is 58.0 Å². The molecule has 90 valence electrons. The zero-order chi connectivity index (χ0) is 12.5. The van der Waals surface area contributed by atoms with Crippen LogP contribution in [0.3, 0.4) is 0 Å². The van der Waals surface area contributed by atoms with Crippen LogP contribution in [0.5, 0.6) is 0 Å². The molecule has 1 aromatic carbocycles. The van der Waals surface area contributed by atoms with Crippen LogP contribution < -0.4 is 5.32 Å². The minimum absolute atomic E-state index is 0.00559. The van der Waals surface area contributed by atoms with Gasteiger partial charge in [-0.15, -0.1) is 10.2 Å². The fraction of sp³-hybridized carbons (Fsp3) is 0.333. The molecule has 0 saturated carbocycles. The van der Waals surface area contributed by atoms with Crippen molar-refractivity contribution in [2.45, 2.75) is 19.4 Å². The molecule has 17 heavy (non-hydrogen) atoms. The molecule has 5 heteroatoms. The summed E-state index contributed by atoms with van der Waals surface area (Å²) in [5, 5.41) is 22.5. The van der Waals surface area contributed by atoms with E-state index in [0.29, 0.717) is 11.0 Å². The summed E-state index contributed by atoms with van der Waals surface area (Å²) in [5.74, 6) is 0.629. The summed E-state index contributed by atoms with van der Waals surface area (Å²) in [6, 6.07) is 7.63. The molecule has 0 aliphatic heterocycles. The number of anilines is 1. The molecule has 0 bridgehead atoms. The molecule has 0 aliphatic carbocycles. The molecule has 0 fully saturated rings. The first-order chi connectivity index (χ1) is 8.03. The zero-order valence-electron chi connectivity index (χ0n) is 9.74. The number of hydrogen-bond donors (Lipinski definition) is 2. The largest absolute Gasteiger partial charge is 0.394 e. The quantitative estimate of drug-likeness (QED) is 0.880. The van der Waals surface area contributed by atoms with Gasteiger partial charge in [-0.25, -0.2) is 0 Å². The molecule has 0 unspecified atom stereocenters. The van der Waals surface area contributed by atoms with Crippen LogP contribution >= 0.6 is 11.6 Å². The van der Waals surface area contributed by atoms with Crippen molar-refractivity contribution in [3.8, 4) is 0 Å². The normalized spacial score (nSPS) is 11.8. The van der Waals surface area contributed by atoms with Crippen molar-refractivity contribution in [3.05, 3.63) is 29.4 Å². The van der Waals surface area contributed by atoms with Crippen molar-refractivity contribution in [1.29, 1.82) is 0 Å². The zero-order valence-corrected chi connectivity index (χ0v) is 10.5. The molecule has 1 heterocycles. The van der Waals surface area contributed by atoms with Gasteiger partial charge in [-0.3, -0.25) is 0 Å². The number of aliphatic hydroxyl groups is 1. The van der Waals surface area contributed by atoms with Gasteiger partial charge >= 0.3 is 0 Å². The molecule has 1 aromatic heterocycles. The number of nitrogens with one attached hydrogen (secondary N) is 1. The van der Waals surface area contributed by atoms with Crippen LogP contribution in [0.2, 0.25) is 5.15 Å². The van der Waals surface area contributed by atoms with E-state index in [1.54, 1.807) is 0 Å². The van der Waals surface area contributed by atoms with Gasteiger partial charge in [-0.1, -0.05) is 35.9 Å². The van der Waals surface area contributed by atoms with Crippen LogP contribution in [0.25, 0.3) is 10.8 Å². The van der Waals surface area contributed by atoms with Crippen LogP contribution in [0.15, 0.2) is 24.3 Å². The Kier molecular flexibility index (Phi) is 3.17. The van der Waals surface area contributed by atoms with Crippen LogP contribution in [-0.2, 0) is 0 Å². The first kappa shape index (κ1) is 12.1. The van der Waals surface area contributed by atoms with E-state index < -0.39 is 5.54 Å². The number of fused-ring (bicyclic) bond motifs is 1. The van der Waals surface area contributed by atoms with E-state index in [0.717, 1.165) is 10.8 Å². The van der Waals surface area contributed by atoms with Gasteiger partial charge in [-0.2, -0.15) is 0 Å². The number of aromatic nitrogens is 2. The monoisotopic (exact) mass is 251 g/mol. The van der Waals surface area contributed by atoms with Crippen molar-refractivity contribution in [1.82, 2.24) is 10.2 Å². The minimum Gasteiger partial charge on any atom is -0.394 e. The van der Waals surface area contributed by atoms with E-state index in [1.165, 1.54) is 0 Å². The second-order valence-corrected chi connectivity index (χ2v) is 4.91. The summed E-state index contributed by atoms with van der Waals surface area (Å²) in [7, 11) is 0. The summed E-state index contributed by atoms with van der Waals surface area (Å²) >= 11 is 5.98. The first-order valence-corrected chi connectivity index (χ1v) is 5.71. The average molecular weight is 252 g/mol. The van der Waals surface area contributed by atoms with Gasteiger partial charge < -0.3 is 10.4 Å². The number of aliphatic hydroxyl groups excluding tert-OH is 1.